The minimum absolute atomic E-state index is 0.659. The molecule has 0 radical (unpaired) electrons. The fourth-order valence-electron chi connectivity index (χ4n) is 1.54. The second-order valence-corrected chi connectivity index (χ2v) is 8.21. The van der Waals surface area contributed by atoms with Crippen LogP contribution in [0.1, 0.15) is 108 Å². The molecule has 35 heavy (non-hydrogen) atoms. The van der Waals surface area contributed by atoms with Gasteiger partial charge in [-0.3, -0.25) is 4.98 Å². The summed E-state index contributed by atoms with van der Waals surface area (Å²) in [4.78, 5) is 3.78. The van der Waals surface area contributed by atoms with Crippen molar-refractivity contribution >= 4 is 0 Å². The monoisotopic (exact) mass is 483 g/mol. The molecule has 0 aliphatic heterocycles. The molecule has 202 valence electrons. The van der Waals surface area contributed by atoms with E-state index in [-0.39, 0.29) is 0 Å². The summed E-state index contributed by atoms with van der Waals surface area (Å²) in [5.74, 6) is 2.33. The van der Waals surface area contributed by atoms with Crippen LogP contribution in [-0.4, -0.2) is 4.98 Å². The van der Waals surface area contributed by atoms with Gasteiger partial charge in [-0.2, -0.15) is 0 Å². The van der Waals surface area contributed by atoms with Crippen LogP contribution in [0.2, 0.25) is 0 Å². The quantitative estimate of drug-likeness (QED) is 0.335. The van der Waals surface area contributed by atoms with Crippen LogP contribution in [0.25, 0.3) is 0 Å². The first-order valence-electron chi connectivity index (χ1n) is 13.7. The van der Waals surface area contributed by atoms with Gasteiger partial charge < -0.3 is 0 Å². The predicted octanol–water partition coefficient (Wildman–Crippen LogP) is 12.0. The highest BCUT2D eigenvalue weighted by Gasteiger charge is 1.93. The van der Waals surface area contributed by atoms with Crippen molar-refractivity contribution < 1.29 is 0 Å². The van der Waals surface area contributed by atoms with Crippen molar-refractivity contribution in [1.29, 1.82) is 0 Å². The van der Waals surface area contributed by atoms with Gasteiger partial charge in [0.25, 0.3) is 0 Å². The first-order chi connectivity index (χ1) is 16.8. The minimum atomic E-state index is 0.659. The molecular weight excluding hydrogens is 422 g/mol. The van der Waals surface area contributed by atoms with Gasteiger partial charge in [-0.25, -0.2) is 0 Å². The Hall–Kier alpha value is -2.41. The van der Waals surface area contributed by atoms with Crippen LogP contribution in [0.5, 0.6) is 0 Å². The molecule has 0 bridgehead atoms. The van der Waals surface area contributed by atoms with E-state index < -0.39 is 0 Å². The largest absolute Gasteiger partial charge is 0.265 e. The molecular formula is C34H61N. The lowest BCUT2D eigenvalue weighted by atomic mass is 10.0. The van der Waals surface area contributed by atoms with E-state index in [1.807, 2.05) is 102 Å². The smallest absolute Gasteiger partial charge is 0.0267 e. The summed E-state index contributed by atoms with van der Waals surface area (Å²) in [7, 11) is 0. The Balaban J connectivity index is -0.000000104. The third kappa shape index (κ3) is 59.3. The molecule has 0 atom stereocenters. The number of rotatable bonds is 1. The Kier molecular flexibility index (Phi) is 51.0. The van der Waals surface area contributed by atoms with E-state index >= 15 is 0 Å². The van der Waals surface area contributed by atoms with E-state index in [1.165, 1.54) is 5.56 Å². The average Bonchev–Trinajstić information content (AvgIpc) is 2.90. The van der Waals surface area contributed by atoms with Crippen LogP contribution < -0.4 is 0 Å². The molecule has 0 fully saturated rings. The van der Waals surface area contributed by atoms with Crippen molar-refractivity contribution in [2.75, 3.05) is 0 Å². The molecule has 1 aromatic heterocycles. The second kappa shape index (κ2) is 41.8. The van der Waals surface area contributed by atoms with Crippen LogP contribution in [0.4, 0.5) is 0 Å². The highest BCUT2D eigenvalue weighted by molar-refractivity contribution is 5.17. The summed E-state index contributed by atoms with van der Waals surface area (Å²) in [6, 6.07) is 28.2. The maximum atomic E-state index is 3.78. The standard InChI is InChI=1S/C9H12.C6H6.C5H5N.2C4H10.3C2H6/c1-8(2)9-6-4-3-5-7-9;2*1-2-4-6-5-3-1;2*1-4(2)3;3*1-2/h3-8H,1-2H3;1-6H;1-5H;2*4H,1-3H3;3*1-2H3. The zero-order chi connectivity index (χ0) is 28.3. The van der Waals surface area contributed by atoms with Crippen molar-refractivity contribution in [3.8, 4) is 0 Å². The van der Waals surface area contributed by atoms with E-state index in [1.54, 1.807) is 12.4 Å². The molecule has 0 aliphatic carbocycles. The van der Waals surface area contributed by atoms with Gasteiger partial charge in [0.2, 0.25) is 0 Å². The number of hydrogen-bond acceptors (Lipinski definition) is 1. The second-order valence-electron chi connectivity index (χ2n) is 8.21. The number of nitrogens with zero attached hydrogens (tertiary/aromatic N) is 1. The Morgan fingerprint density at radius 2 is 0.629 bits per heavy atom. The van der Waals surface area contributed by atoms with Gasteiger partial charge in [0, 0.05) is 12.4 Å². The molecule has 0 saturated heterocycles. The molecule has 3 rings (SSSR count). The molecule has 0 spiro atoms. The van der Waals surface area contributed by atoms with E-state index in [9.17, 15) is 0 Å². The molecule has 0 amide bonds. The zero-order valence-corrected chi connectivity index (χ0v) is 25.9. The van der Waals surface area contributed by atoms with Crippen molar-refractivity contribution in [2.24, 2.45) is 11.8 Å². The third-order valence-corrected chi connectivity index (χ3v) is 2.70. The first kappa shape index (κ1) is 42.7. The fourth-order valence-corrected chi connectivity index (χ4v) is 1.54. The summed E-state index contributed by atoms with van der Waals surface area (Å²) < 4.78 is 0. The van der Waals surface area contributed by atoms with Crippen molar-refractivity contribution in [3.05, 3.63) is 103 Å². The van der Waals surface area contributed by atoms with Gasteiger partial charge in [-0.05, 0) is 35.4 Å². The molecule has 2 aromatic carbocycles. The maximum Gasteiger partial charge on any atom is 0.0267 e. The minimum Gasteiger partial charge on any atom is -0.265 e. The van der Waals surface area contributed by atoms with Crippen LogP contribution in [0.15, 0.2) is 97.3 Å². The van der Waals surface area contributed by atoms with Gasteiger partial charge in [-0.1, -0.05) is 170 Å². The molecule has 1 nitrogen and oxygen atoms in total. The van der Waals surface area contributed by atoms with Crippen LogP contribution in [0, 0.1) is 11.8 Å². The molecule has 0 N–H and O–H groups in total. The summed E-state index contributed by atoms with van der Waals surface area (Å²) in [5.41, 5.74) is 1.41. The van der Waals surface area contributed by atoms with E-state index in [0.29, 0.717) is 5.92 Å². The third-order valence-electron chi connectivity index (χ3n) is 2.70. The van der Waals surface area contributed by atoms with Gasteiger partial charge in [0.1, 0.15) is 0 Å². The molecule has 1 heterocycles. The Morgan fingerprint density at radius 3 is 0.771 bits per heavy atom. The van der Waals surface area contributed by atoms with Gasteiger partial charge in [0.15, 0.2) is 0 Å². The van der Waals surface area contributed by atoms with Gasteiger partial charge in [0.05, 0.1) is 0 Å². The zero-order valence-electron chi connectivity index (χ0n) is 25.9. The highest BCUT2D eigenvalue weighted by atomic mass is 14.6. The maximum absolute atomic E-state index is 3.78. The summed E-state index contributed by atoms with van der Waals surface area (Å²) in [6.45, 7) is 29.4. The molecule has 1 heteroatoms. The van der Waals surface area contributed by atoms with E-state index in [4.69, 9.17) is 0 Å². The molecule has 3 aromatic rings. The highest BCUT2D eigenvalue weighted by Crippen LogP contribution is 2.11. The lowest BCUT2D eigenvalue weighted by molar-refractivity contribution is 0.736. The number of pyridine rings is 1. The topological polar surface area (TPSA) is 12.9 Å². The first-order valence-corrected chi connectivity index (χ1v) is 13.7. The fraction of sp³-hybridized carbons (Fsp3) is 0.500. The van der Waals surface area contributed by atoms with Gasteiger partial charge >= 0.3 is 0 Å². The van der Waals surface area contributed by atoms with E-state index in [0.717, 1.165) is 11.8 Å². The van der Waals surface area contributed by atoms with Crippen LogP contribution >= 0.6 is 0 Å². The summed E-state index contributed by atoms with van der Waals surface area (Å²) in [5, 5.41) is 0. The molecule has 0 unspecified atom stereocenters. The summed E-state index contributed by atoms with van der Waals surface area (Å²) in [6.07, 6.45) is 3.50. The predicted molar refractivity (Wildman–Crippen MR) is 166 cm³/mol. The molecule has 0 saturated carbocycles. The average molecular weight is 484 g/mol. The SMILES string of the molecule is CC.CC.CC.CC(C)C.CC(C)C.CC(C)c1ccccc1.c1ccccc1.c1ccncc1. The van der Waals surface area contributed by atoms with Crippen LogP contribution in [0.3, 0.4) is 0 Å². The summed E-state index contributed by atoms with van der Waals surface area (Å²) >= 11 is 0. The molecule has 0 aliphatic rings. The van der Waals surface area contributed by atoms with Gasteiger partial charge in [-0.15, -0.1) is 0 Å². The van der Waals surface area contributed by atoms with Crippen LogP contribution in [-0.2, 0) is 0 Å². The van der Waals surface area contributed by atoms with Crippen molar-refractivity contribution in [2.45, 2.75) is 103 Å². The Labute approximate surface area is 222 Å². The van der Waals surface area contributed by atoms with Crippen molar-refractivity contribution in [1.82, 2.24) is 4.98 Å². The lowest BCUT2D eigenvalue weighted by Gasteiger charge is -2.01. The van der Waals surface area contributed by atoms with Crippen molar-refractivity contribution in [3.63, 3.8) is 0 Å². The van der Waals surface area contributed by atoms with E-state index in [2.05, 4.69) is 84.6 Å². The number of hydrogen-bond donors (Lipinski definition) is 0. The number of benzene rings is 2. The Bertz CT molecular complexity index is 520. The number of aromatic nitrogens is 1. The Morgan fingerprint density at radius 1 is 0.400 bits per heavy atom. The normalized spacial score (nSPS) is 7.91. The lowest BCUT2D eigenvalue weighted by Crippen LogP contribution is -1.83.